The van der Waals surface area contributed by atoms with Crippen molar-refractivity contribution in [1.29, 1.82) is 0 Å². The van der Waals surface area contributed by atoms with Crippen LogP contribution in [0.2, 0.25) is 0 Å². The third-order valence-electron chi connectivity index (χ3n) is 3.74. The van der Waals surface area contributed by atoms with Gasteiger partial charge in [-0.3, -0.25) is 9.59 Å². The predicted molar refractivity (Wildman–Crippen MR) is 102 cm³/mol. The molecule has 3 aromatic rings. The lowest BCUT2D eigenvalue weighted by atomic mass is 10.2. The molecule has 132 valence electrons. The molecular weight excluding hydrogens is 330 g/mol. The van der Waals surface area contributed by atoms with Crippen LogP contribution in [-0.4, -0.2) is 27.8 Å². The van der Waals surface area contributed by atoms with Gasteiger partial charge in [-0.15, -0.1) is 0 Å². The van der Waals surface area contributed by atoms with Crippen molar-refractivity contribution in [3.8, 4) is 0 Å². The monoisotopic (exact) mass is 349 g/mol. The molecule has 26 heavy (non-hydrogen) atoms. The molecule has 2 aromatic carbocycles. The van der Waals surface area contributed by atoms with Gasteiger partial charge in [-0.25, -0.2) is 9.97 Å². The van der Waals surface area contributed by atoms with Crippen molar-refractivity contribution in [2.45, 2.75) is 19.9 Å². The summed E-state index contributed by atoms with van der Waals surface area (Å²) in [5.41, 5.74) is 2.03. The number of amides is 2. The SMILES string of the molecule is CC(=O)Nc1cccc(NC(=O)C(C)Nc2ncnc3ccccc23)c1. The van der Waals surface area contributed by atoms with Crippen LogP contribution >= 0.6 is 0 Å². The predicted octanol–water partition coefficient (Wildman–Crippen LogP) is 3.03. The van der Waals surface area contributed by atoms with Crippen LogP contribution in [0.15, 0.2) is 54.9 Å². The van der Waals surface area contributed by atoms with Crippen LogP contribution in [0.5, 0.6) is 0 Å². The van der Waals surface area contributed by atoms with Crippen molar-refractivity contribution >= 4 is 39.9 Å². The first-order valence-electron chi connectivity index (χ1n) is 8.18. The summed E-state index contributed by atoms with van der Waals surface area (Å²) in [6, 6.07) is 14.1. The molecule has 1 heterocycles. The minimum Gasteiger partial charge on any atom is -0.358 e. The minimum atomic E-state index is -0.516. The highest BCUT2D eigenvalue weighted by atomic mass is 16.2. The Kier molecular flexibility index (Phi) is 5.07. The van der Waals surface area contributed by atoms with E-state index in [9.17, 15) is 9.59 Å². The molecule has 3 rings (SSSR count). The maximum absolute atomic E-state index is 12.5. The second-order valence-corrected chi connectivity index (χ2v) is 5.86. The summed E-state index contributed by atoms with van der Waals surface area (Å²) in [6.45, 7) is 3.19. The van der Waals surface area contributed by atoms with Crippen LogP contribution in [-0.2, 0) is 9.59 Å². The van der Waals surface area contributed by atoms with Crippen molar-refractivity contribution < 1.29 is 9.59 Å². The first kappa shape index (κ1) is 17.3. The van der Waals surface area contributed by atoms with E-state index >= 15 is 0 Å². The molecule has 3 N–H and O–H groups in total. The Labute approximate surface area is 150 Å². The van der Waals surface area contributed by atoms with E-state index in [1.165, 1.54) is 13.3 Å². The topological polar surface area (TPSA) is 96.0 Å². The largest absolute Gasteiger partial charge is 0.358 e. The summed E-state index contributed by atoms with van der Waals surface area (Å²) in [4.78, 5) is 32.1. The van der Waals surface area contributed by atoms with Gasteiger partial charge in [0, 0.05) is 23.7 Å². The average Bonchev–Trinajstić information content (AvgIpc) is 2.61. The van der Waals surface area contributed by atoms with E-state index in [0.29, 0.717) is 17.2 Å². The number of anilines is 3. The lowest BCUT2D eigenvalue weighted by Gasteiger charge is -2.16. The molecule has 0 fully saturated rings. The molecule has 7 nitrogen and oxygen atoms in total. The Hall–Kier alpha value is -3.48. The average molecular weight is 349 g/mol. The second-order valence-electron chi connectivity index (χ2n) is 5.86. The van der Waals surface area contributed by atoms with Crippen molar-refractivity contribution in [1.82, 2.24) is 9.97 Å². The summed E-state index contributed by atoms with van der Waals surface area (Å²) in [5.74, 6) is 0.220. The van der Waals surface area contributed by atoms with E-state index in [2.05, 4.69) is 25.9 Å². The maximum atomic E-state index is 12.5. The molecule has 2 amide bonds. The number of carbonyl (C=O) groups excluding carboxylic acids is 2. The Morgan fingerprint density at radius 2 is 1.69 bits per heavy atom. The summed E-state index contributed by atoms with van der Waals surface area (Å²) >= 11 is 0. The molecule has 0 saturated carbocycles. The van der Waals surface area contributed by atoms with Gasteiger partial charge in [0.05, 0.1) is 5.52 Å². The Morgan fingerprint density at radius 1 is 0.962 bits per heavy atom. The number of hydrogen-bond acceptors (Lipinski definition) is 5. The van der Waals surface area contributed by atoms with Crippen molar-refractivity contribution in [3.63, 3.8) is 0 Å². The summed E-state index contributed by atoms with van der Waals surface area (Å²) in [5, 5.41) is 9.48. The molecule has 0 aliphatic heterocycles. The first-order valence-corrected chi connectivity index (χ1v) is 8.18. The fourth-order valence-electron chi connectivity index (χ4n) is 2.52. The van der Waals surface area contributed by atoms with Gasteiger partial charge in [0.1, 0.15) is 18.2 Å². The lowest BCUT2D eigenvalue weighted by molar-refractivity contribution is -0.116. The lowest BCUT2D eigenvalue weighted by Crippen LogP contribution is -2.32. The number of fused-ring (bicyclic) bond motifs is 1. The van der Waals surface area contributed by atoms with E-state index in [-0.39, 0.29) is 11.8 Å². The molecule has 0 aliphatic rings. The highest BCUT2D eigenvalue weighted by molar-refractivity contribution is 5.98. The van der Waals surface area contributed by atoms with Crippen LogP contribution in [0.4, 0.5) is 17.2 Å². The fraction of sp³-hybridized carbons (Fsp3) is 0.158. The van der Waals surface area contributed by atoms with Gasteiger partial charge in [-0.05, 0) is 37.3 Å². The van der Waals surface area contributed by atoms with Gasteiger partial charge >= 0.3 is 0 Å². The number of para-hydroxylation sites is 1. The summed E-state index contributed by atoms with van der Waals surface area (Å²) < 4.78 is 0. The van der Waals surface area contributed by atoms with Gasteiger partial charge in [-0.2, -0.15) is 0 Å². The molecule has 1 atom stereocenters. The standard InChI is InChI=1S/C19H19N5O2/c1-12(22-18-16-8-3-4-9-17(16)20-11-21-18)19(26)24-15-7-5-6-14(10-15)23-13(2)25/h3-12H,1-2H3,(H,23,25)(H,24,26)(H,20,21,22). The third-order valence-corrected chi connectivity index (χ3v) is 3.74. The fourth-order valence-corrected chi connectivity index (χ4v) is 2.52. The maximum Gasteiger partial charge on any atom is 0.246 e. The molecule has 0 aliphatic carbocycles. The van der Waals surface area contributed by atoms with E-state index in [1.807, 2.05) is 24.3 Å². The quantitative estimate of drug-likeness (QED) is 0.658. The van der Waals surface area contributed by atoms with Gasteiger partial charge in [0.15, 0.2) is 0 Å². The minimum absolute atomic E-state index is 0.167. The number of rotatable bonds is 5. The van der Waals surface area contributed by atoms with E-state index in [0.717, 1.165) is 10.9 Å². The molecule has 1 unspecified atom stereocenters. The molecule has 7 heteroatoms. The van der Waals surface area contributed by atoms with Crippen LogP contribution in [0.25, 0.3) is 10.9 Å². The summed E-state index contributed by atoms with van der Waals surface area (Å²) in [6.07, 6.45) is 1.46. The molecular formula is C19H19N5O2. The van der Waals surface area contributed by atoms with Gasteiger partial charge in [0.2, 0.25) is 11.8 Å². The highest BCUT2D eigenvalue weighted by Crippen LogP contribution is 2.20. The van der Waals surface area contributed by atoms with Crippen molar-refractivity contribution in [2.75, 3.05) is 16.0 Å². The molecule has 0 radical (unpaired) electrons. The van der Waals surface area contributed by atoms with Crippen molar-refractivity contribution in [2.24, 2.45) is 0 Å². The van der Waals surface area contributed by atoms with E-state index in [1.54, 1.807) is 31.2 Å². The zero-order valence-corrected chi connectivity index (χ0v) is 14.5. The number of carbonyl (C=O) groups is 2. The number of nitrogens with one attached hydrogen (secondary N) is 3. The Balaban J connectivity index is 1.71. The van der Waals surface area contributed by atoms with Crippen LogP contribution < -0.4 is 16.0 Å². The molecule has 0 spiro atoms. The first-order chi connectivity index (χ1) is 12.5. The normalized spacial score (nSPS) is 11.6. The number of nitrogens with zero attached hydrogens (tertiary/aromatic N) is 2. The highest BCUT2D eigenvalue weighted by Gasteiger charge is 2.15. The van der Waals surface area contributed by atoms with Crippen molar-refractivity contribution in [3.05, 3.63) is 54.9 Å². The summed E-state index contributed by atoms with van der Waals surface area (Å²) in [7, 11) is 0. The number of aromatic nitrogens is 2. The van der Waals surface area contributed by atoms with E-state index in [4.69, 9.17) is 0 Å². The molecule has 0 saturated heterocycles. The molecule has 0 bridgehead atoms. The third kappa shape index (κ3) is 4.13. The smallest absolute Gasteiger partial charge is 0.246 e. The van der Waals surface area contributed by atoms with Crippen LogP contribution in [0.3, 0.4) is 0 Å². The second kappa shape index (κ2) is 7.60. The van der Waals surface area contributed by atoms with Crippen LogP contribution in [0, 0.1) is 0 Å². The van der Waals surface area contributed by atoms with E-state index < -0.39 is 6.04 Å². The molecule has 1 aromatic heterocycles. The van der Waals surface area contributed by atoms with Gasteiger partial charge < -0.3 is 16.0 Å². The number of benzene rings is 2. The van der Waals surface area contributed by atoms with Gasteiger partial charge in [-0.1, -0.05) is 18.2 Å². The van der Waals surface area contributed by atoms with Crippen LogP contribution in [0.1, 0.15) is 13.8 Å². The zero-order chi connectivity index (χ0) is 18.5. The zero-order valence-electron chi connectivity index (χ0n) is 14.5. The Bertz CT molecular complexity index is 952. The van der Waals surface area contributed by atoms with Gasteiger partial charge in [0.25, 0.3) is 0 Å². The Morgan fingerprint density at radius 3 is 2.46 bits per heavy atom. The number of hydrogen-bond donors (Lipinski definition) is 3.